The molecule has 0 fully saturated rings. The summed E-state index contributed by atoms with van der Waals surface area (Å²) in [5, 5.41) is 3.54. The van der Waals surface area contributed by atoms with Crippen LogP contribution in [0.1, 0.15) is 22.9 Å². The van der Waals surface area contributed by atoms with Gasteiger partial charge in [0.2, 0.25) is 0 Å². The number of para-hydroxylation sites is 1. The van der Waals surface area contributed by atoms with Gasteiger partial charge in [-0.3, -0.25) is 0 Å². The molecule has 0 saturated carbocycles. The Morgan fingerprint density at radius 1 is 0.912 bits per heavy atom. The lowest BCUT2D eigenvalue weighted by molar-refractivity contribution is 0.476. The third-order valence-electron chi connectivity index (χ3n) is 6.87. The molecule has 0 radical (unpaired) electrons. The standard InChI is InChI=1S/C30H23N3O/c31-25-12-7-8-16-34-30-22(25)15-14-21-23-18-28-24(17-26(23)32-29(21)30)20-11-5-2-6-13-27(20)33(28)19-9-3-1-4-10-19/h1-12,14-18,25,32H,13,31H2/b12-7-,16-8-. The Kier molecular flexibility index (Phi) is 4.16. The summed E-state index contributed by atoms with van der Waals surface area (Å²) in [4.78, 5) is 3.65. The number of fused-ring (bicyclic) bond motifs is 8. The summed E-state index contributed by atoms with van der Waals surface area (Å²) < 4.78 is 8.45. The van der Waals surface area contributed by atoms with Crippen LogP contribution in [0.5, 0.6) is 5.75 Å². The molecule has 1 unspecified atom stereocenters. The third-order valence-corrected chi connectivity index (χ3v) is 6.87. The lowest BCUT2D eigenvalue weighted by Gasteiger charge is -2.15. The van der Waals surface area contributed by atoms with E-state index in [9.17, 15) is 0 Å². The molecule has 3 N–H and O–H groups in total. The first kappa shape index (κ1) is 19.2. The van der Waals surface area contributed by atoms with E-state index in [1.807, 2.05) is 18.2 Å². The average Bonchev–Trinajstić information content (AvgIpc) is 3.24. The minimum atomic E-state index is -0.217. The largest absolute Gasteiger partial charge is 0.462 e. The maximum Gasteiger partial charge on any atom is 0.155 e. The lowest BCUT2D eigenvalue weighted by atomic mass is 10.0. The molecule has 0 spiro atoms. The van der Waals surface area contributed by atoms with Crippen LogP contribution in [-0.4, -0.2) is 9.55 Å². The second kappa shape index (κ2) is 7.37. The third kappa shape index (κ3) is 2.76. The molecule has 0 bridgehead atoms. The van der Waals surface area contributed by atoms with E-state index in [1.54, 1.807) is 6.26 Å². The summed E-state index contributed by atoms with van der Waals surface area (Å²) in [6, 6.07) is 19.2. The van der Waals surface area contributed by atoms with Crippen molar-refractivity contribution in [3.63, 3.8) is 0 Å². The SMILES string of the molecule is NC1/C=C\C=C/Oc2c1ccc1c2[nH]c2cc3c4c(n(-c5ccccc5)c3cc21)CC=CC=C4. The zero-order chi connectivity index (χ0) is 22.6. The number of benzene rings is 3. The zero-order valence-electron chi connectivity index (χ0n) is 18.5. The molecule has 164 valence electrons. The topological polar surface area (TPSA) is 56.0 Å². The fourth-order valence-electron chi connectivity index (χ4n) is 5.32. The summed E-state index contributed by atoms with van der Waals surface area (Å²) in [6.07, 6.45) is 17.1. The van der Waals surface area contributed by atoms with E-state index in [-0.39, 0.29) is 6.04 Å². The van der Waals surface area contributed by atoms with Crippen LogP contribution in [0.4, 0.5) is 0 Å². The van der Waals surface area contributed by atoms with Crippen molar-refractivity contribution in [3.05, 3.63) is 114 Å². The number of nitrogens with zero attached hydrogens (tertiary/aromatic N) is 1. The molecule has 0 amide bonds. The van der Waals surface area contributed by atoms with Gasteiger partial charge in [-0.25, -0.2) is 0 Å². The van der Waals surface area contributed by atoms with E-state index in [1.165, 1.54) is 33.2 Å². The number of hydrogen-bond donors (Lipinski definition) is 2. The van der Waals surface area contributed by atoms with Crippen molar-refractivity contribution in [2.75, 3.05) is 0 Å². The van der Waals surface area contributed by atoms with E-state index >= 15 is 0 Å². The van der Waals surface area contributed by atoms with Crippen LogP contribution in [0.25, 0.3) is 44.5 Å². The van der Waals surface area contributed by atoms with Crippen molar-refractivity contribution in [2.45, 2.75) is 12.5 Å². The number of allylic oxidation sites excluding steroid dienone is 5. The van der Waals surface area contributed by atoms with Gasteiger partial charge in [0.1, 0.15) is 0 Å². The molecule has 3 aromatic carbocycles. The highest BCUT2D eigenvalue weighted by Crippen LogP contribution is 2.41. The zero-order valence-corrected chi connectivity index (χ0v) is 18.5. The van der Waals surface area contributed by atoms with Gasteiger partial charge in [0.05, 0.1) is 23.3 Å². The van der Waals surface area contributed by atoms with Crippen LogP contribution < -0.4 is 10.5 Å². The van der Waals surface area contributed by atoms with Gasteiger partial charge in [-0.05, 0) is 30.3 Å². The molecule has 7 rings (SSSR count). The number of aromatic amines is 1. The fourth-order valence-corrected chi connectivity index (χ4v) is 5.32. The van der Waals surface area contributed by atoms with E-state index in [4.69, 9.17) is 10.5 Å². The number of hydrogen-bond acceptors (Lipinski definition) is 2. The molecule has 3 heterocycles. The summed E-state index contributed by atoms with van der Waals surface area (Å²) in [7, 11) is 0. The molecule has 5 aromatic rings. The molecule has 34 heavy (non-hydrogen) atoms. The summed E-state index contributed by atoms with van der Waals surface area (Å²) in [5.41, 5.74) is 14.4. The lowest BCUT2D eigenvalue weighted by Crippen LogP contribution is -2.09. The summed E-state index contributed by atoms with van der Waals surface area (Å²) in [5.74, 6) is 0.792. The van der Waals surface area contributed by atoms with Gasteiger partial charge in [-0.1, -0.05) is 66.8 Å². The Morgan fingerprint density at radius 2 is 1.82 bits per heavy atom. The molecular weight excluding hydrogens is 418 g/mol. The molecule has 1 aliphatic heterocycles. The molecule has 1 aliphatic carbocycles. The van der Waals surface area contributed by atoms with Gasteiger partial charge in [0, 0.05) is 50.6 Å². The van der Waals surface area contributed by atoms with E-state index in [2.05, 4.69) is 88.5 Å². The average molecular weight is 442 g/mol. The van der Waals surface area contributed by atoms with Crippen LogP contribution >= 0.6 is 0 Å². The molecule has 2 aromatic heterocycles. The van der Waals surface area contributed by atoms with Crippen molar-refractivity contribution < 1.29 is 4.74 Å². The Morgan fingerprint density at radius 3 is 2.74 bits per heavy atom. The molecule has 2 aliphatic rings. The van der Waals surface area contributed by atoms with E-state index < -0.39 is 0 Å². The quantitative estimate of drug-likeness (QED) is 0.299. The van der Waals surface area contributed by atoms with Gasteiger partial charge in [0.25, 0.3) is 0 Å². The maximum absolute atomic E-state index is 6.41. The van der Waals surface area contributed by atoms with Crippen LogP contribution in [0.3, 0.4) is 0 Å². The summed E-state index contributed by atoms with van der Waals surface area (Å²) in [6.45, 7) is 0. The minimum absolute atomic E-state index is 0.217. The van der Waals surface area contributed by atoms with Crippen molar-refractivity contribution in [1.82, 2.24) is 9.55 Å². The second-order valence-corrected chi connectivity index (χ2v) is 8.83. The number of nitrogens with two attached hydrogens (primary N) is 1. The monoisotopic (exact) mass is 441 g/mol. The number of H-pyrrole nitrogens is 1. The van der Waals surface area contributed by atoms with Crippen molar-refractivity contribution in [1.29, 1.82) is 0 Å². The normalized spacial score (nSPS) is 18.8. The first-order valence-corrected chi connectivity index (χ1v) is 11.6. The van der Waals surface area contributed by atoms with Crippen molar-refractivity contribution >= 4 is 38.8 Å². The smallest absolute Gasteiger partial charge is 0.155 e. The predicted molar refractivity (Wildman–Crippen MR) is 140 cm³/mol. The fraction of sp³-hybridized carbons (Fsp3) is 0.0667. The Balaban J connectivity index is 1.57. The Hall–Kier alpha value is -4.28. The Labute approximate surface area is 196 Å². The first-order chi connectivity index (χ1) is 16.8. The molecule has 1 atom stereocenters. The van der Waals surface area contributed by atoms with E-state index in [0.717, 1.165) is 34.2 Å². The second-order valence-electron chi connectivity index (χ2n) is 8.83. The molecule has 4 heteroatoms. The van der Waals surface area contributed by atoms with Gasteiger partial charge < -0.3 is 20.0 Å². The van der Waals surface area contributed by atoms with Gasteiger partial charge in [0.15, 0.2) is 5.75 Å². The Bertz CT molecular complexity index is 1710. The van der Waals surface area contributed by atoms with Gasteiger partial charge >= 0.3 is 0 Å². The van der Waals surface area contributed by atoms with Crippen LogP contribution in [0.15, 0.2) is 97.3 Å². The van der Waals surface area contributed by atoms with Crippen molar-refractivity contribution in [3.8, 4) is 11.4 Å². The highest BCUT2D eigenvalue weighted by Gasteiger charge is 2.21. The summed E-state index contributed by atoms with van der Waals surface area (Å²) >= 11 is 0. The maximum atomic E-state index is 6.41. The van der Waals surface area contributed by atoms with Crippen LogP contribution in [-0.2, 0) is 6.42 Å². The van der Waals surface area contributed by atoms with Gasteiger partial charge in [-0.15, -0.1) is 0 Å². The number of ether oxygens (including phenoxy) is 1. The van der Waals surface area contributed by atoms with Crippen LogP contribution in [0, 0.1) is 0 Å². The molecule has 0 saturated heterocycles. The number of nitrogens with one attached hydrogen (secondary N) is 1. The van der Waals surface area contributed by atoms with Gasteiger partial charge in [-0.2, -0.15) is 0 Å². The first-order valence-electron chi connectivity index (χ1n) is 11.6. The molecular formula is C30H23N3O. The van der Waals surface area contributed by atoms with E-state index in [0.29, 0.717) is 0 Å². The van der Waals surface area contributed by atoms with Crippen molar-refractivity contribution in [2.24, 2.45) is 5.73 Å². The predicted octanol–water partition coefficient (Wildman–Crippen LogP) is 6.85. The number of rotatable bonds is 1. The van der Waals surface area contributed by atoms with Crippen LogP contribution in [0.2, 0.25) is 0 Å². The number of aromatic nitrogens is 2. The molecule has 4 nitrogen and oxygen atoms in total. The highest BCUT2D eigenvalue weighted by molar-refractivity contribution is 6.14. The highest BCUT2D eigenvalue weighted by atomic mass is 16.5. The minimum Gasteiger partial charge on any atom is -0.462 e.